The molecule has 0 aliphatic carbocycles. The van der Waals surface area contributed by atoms with Gasteiger partial charge in [0.05, 0.1) is 13.6 Å². The van der Waals surface area contributed by atoms with E-state index < -0.39 is 5.97 Å². The molecule has 1 aromatic rings. The average molecular weight is 434 g/mol. The summed E-state index contributed by atoms with van der Waals surface area (Å²) in [6.07, 6.45) is 23.2. The smallest absolute Gasteiger partial charge is 0.103 e. The lowest BCUT2D eigenvalue weighted by molar-refractivity contribution is -0.894. The van der Waals surface area contributed by atoms with Crippen molar-refractivity contribution in [3.63, 3.8) is 0 Å². The number of hydrogen-bond acceptors (Lipinski definition) is 2. The van der Waals surface area contributed by atoms with E-state index in [1.807, 2.05) is 0 Å². The minimum absolute atomic E-state index is 0.972. The van der Waals surface area contributed by atoms with Gasteiger partial charge >= 0.3 is 0 Å². The highest BCUT2D eigenvalue weighted by Crippen LogP contribution is 2.13. The van der Waals surface area contributed by atoms with Crippen molar-refractivity contribution in [1.82, 2.24) is 0 Å². The number of carboxylic acids is 1. The minimum Gasteiger partial charge on any atom is -0.550 e. The van der Waals surface area contributed by atoms with Crippen LogP contribution in [0.25, 0.3) is 0 Å². The van der Waals surface area contributed by atoms with Crippen molar-refractivity contribution in [2.24, 2.45) is 0 Å². The quantitative estimate of drug-likeness (QED) is 0.284. The Kier molecular flexibility index (Phi) is 22.3. The molecular weight excluding hydrogens is 382 g/mol. The second-order valence-corrected chi connectivity index (χ2v) is 9.16. The minimum atomic E-state index is -1.08. The molecular formula is C28H51NO2. The topological polar surface area (TPSA) is 44.6 Å². The van der Waals surface area contributed by atoms with Gasteiger partial charge in [0.2, 0.25) is 0 Å². The molecule has 31 heavy (non-hydrogen) atoms. The molecule has 180 valence electrons. The molecule has 0 aromatic heterocycles. The molecule has 1 unspecified atom stereocenters. The van der Waals surface area contributed by atoms with E-state index in [9.17, 15) is 0 Å². The van der Waals surface area contributed by atoms with Gasteiger partial charge in [0.15, 0.2) is 0 Å². The Morgan fingerprint density at radius 1 is 0.710 bits per heavy atom. The van der Waals surface area contributed by atoms with Crippen LogP contribution >= 0.6 is 0 Å². The summed E-state index contributed by atoms with van der Waals surface area (Å²) in [5.41, 5.74) is 1.46. The van der Waals surface area contributed by atoms with Crippen LogP contribution in [0.2, 0.25) is 0 Å². The molecule has 0 spiro atoms. The molecule has 1 rings (SSSR count). The lowest BCUT2D eigenvalue weighted by Gasteiger charge is -2.13. The molecule has 1 aromatic carbocycles. The Morgan fingerprint density at radius 3 is 1.45 bits per heavy atom. The summed E-state index contributed by atoms with van der Waals surface area (Å²) in [7, 11) is 2.33. The first-order valence-corrected chi connectivity index (χ1v) is 13.1. The van der Waals surface area contributed by atoms with E-state index in [2.05, 4.69) is 44.3 Å². The van der Waals surface area contributed by atoms with Crippen LogP contribution in [0.15, 0.2) is 30.3 Å². The zero-order valence-corrected chi connectivity index (χ0v) is 20.9. The van der Waals surface area contributed by atoms with Crippen LogP contribution in [0.5, 0.6) is 0 Å². The first-order valence-electron chi connectivity index (χ1n) is 13.1. The normalized spacial score (nSPS) is 11.6. The fourth-order valence-corrected chi connectivity index (χ4v) is 4.01. The third-order valence-electron chi connectivity index (χ3n) is 5.81. The Hall–Kier alpha value is -1.35. The summed E-state index contributed by atoms with van der Waals surface area (Å²) in [6, 6.07) is 10.9. The van der Waals surface area contributed by atoms with Crippen LogP contribution < -0.4 is 10.0 Å². The molecule has 0 saturated heterocycles. The summed E-state index contributed by atoms with van der Waals surface area (Å²) < 4.78 is 0. The predicted molar refractivity (Wildman–Crippen MR) is 132 cm³/mol. The molecule has 0 fully saturated rings. The van der Waals surface area contributed by atoms with Crippen molar-refractivity contribution in [2.45, 2.75) is 123 Å². The van der Waals surface area contributed by atoms with Gasteiger partial charge in [-0.25, -0.2) is 0 Å². The molecule has 0 bridgehead atoms. The van der Waals surface area contributed by atoms with Crippen molar-refractivity contribution >= 4 is 5.97 Å². The van der Waals surface area contributed by atoms with E-state index in [4.69, 9.17) is 9.90 Å². The van der Waals surface area contributed by atoms with E-state index in [0.717, 1.165) is 6.92 Å². The first kappa shape index (κ1) is 29.7. The molecule has 3 heteroatoms. The molecule has 0 heterocycles. The molecule has 1 atom stereocenters. The average Bonchev–Trinajstić information content (AvgIpc) is 2.74. The number of quaternary nitrogens is 1. The zero-order valence-electron chi connectivity index (χ0n) is 20.9. The SMILES string of the molecule is CC(=O)[O-].CCCCCCCCCCCCCCCCCC[NH+](C)Cc1ccccc1. The fraction of sp³-hybridized carbons (Fsp3) is 0.750. The van der Waals surface area contributed by atoms with Gasteiger partial charge in [-0.2, -0.15) is 0 Å². The summed E-state index contributed by atoms with van der Waals surface area (Å²) >= 11 is 0. The van der Waals surface area contributed by atoms with Crippen molar-refractivity contribution in [3.8, 4) is 0 Å². The van der Waals surface area contributed by atoms with Crippen LogP contribution in [0, 0.1) is 0 Å². The number of carbonyl (C=O) groups is 1. The second-order valence-electron chi connectivity index (χ2n) is 9.16. The van der Waals surface area contributed by atoms with Gasteiger partial charge in [-0.05, 0) is 19.8 Å². The van der Waals surface area contributed by atoms with Gasteiger partial charge in [0, 0.05) is 11.5 Å². The Bertz CT molecular complexity index is 485. The molecule has 0 amide bonds. The lowest BCUT2D eigenvalue weighted by atomic mass is 10.0. The second kappa shape index (κ2) is 23.3. The molecule has 0 radical (unpaired) electrons. The number of carboxylic acid groups (broad SMARTS) is 1. The maximum atomic E-state index is 8.89. The van der Waals surface area contributed by atoms with Gasteiger partial charge in [-0.15, -0.1) is 0 Å². The Labute approximate surface area is 193 Å². The number of unbranched alkanes of at least 4 members (excludes halogenated alkanes) is 15. The van der Waals surface area contributed by atoms with Crippen LogP contribution in [-0.4, -0.2) is 19.6 Å². The van der Waals surface area contributed by atoms with Gasteiger partial charge < -0.3 is 14.8 Å². The van der Waals surface area contributed by atoms with Gasteiger partial charge in [-0.1, -0.05) is 127 Å². The Balaban J connectivity index is 0.00000206. The summed E-state index contributed by atoms with van der Waals surface area (Å²) in [5, 5.41) is 8.89. The molecule has 0 aliphatic heterocycles. The fourth-order valence-electron chi connectivity index (χ4n) is 4.01. The molecule has 0 saturated carbocycles. The highest BCUT2D eigenvalue weighted by molar-refractivity contribution is 5.60. The van der Waals surface area contributed by atoms with Crippen LogP contribution in [0.1, 0.15) is 122 Å². The van der Waals surface area contributed by atoms with E-state index >= 15 is 0 Å². The Morgan fingerprint density at radius 2 is 1.06 bits per heavy atom. The van der Waals surface area contributed by atoms with E-state index in [1.54, 1.807) is 4.90 Å². The van der Waals surface area contributed by atoms with E-state index in [-0.39, 0.29) is 0 Å². The van der Waals surface area contributed by atoms with Crippen molar-refractivity contribution in [3.05, 3.63) is 35.9 Å². The van der Waals surface area contributed by atoms with Crippen LogP contribution in [0.3, 0.4) is 0 Å². The zero-order chi connectivity index (χ0) is 23.0. The number of aliphatic carboxylic acids is 1. The van der Waals surface area contributed by atoms with E-state index in [0.29, 0.717) is 0 Å². The number of benzene rings is 1. The standard InChI is InChI=1S/C26H47N.C2H4O2/c1-3-4-5-6-7-8-9-10-11-12-13-14-15-16-17-21-24-27(2)25-26-22-19-18-20-23-26;1-2(3)4/h18-20,22-23H,3-17,21,24-25H2,1-2H3;1H3,(H,3,4). The van der Waals surface area contributed by atoms with Crippen molar-refractivity contribution in [2.75, 3.05) is 13.6 Å². The number of nitrogens with one attached hydrogen (secondary N) is 1. The number of rotatable bonds is 19. The van der Waals surface area contributed by atoms with Crippen LogP contribution in [0.4, 0.5) is 0 Å². The molecule has 1 N–H and O–H groups in total. The number of hydrogen-bond donors (Lipinski definition) is 1. The highest BCUT2D eigenvalue weighted by Gasteiger charge is 2.03. The summed E-state index contributed by atoms with van der Waals surface area (Å²) in [4.78, 5) is 10.5. The van der Waals surface area contributed by atoms with Crippen molar-refractivity contribution < 1.29 is 14.8 Å². The monoisotopic (exact) mass is 433 g/mol. The van der Waals surface area contributed by atoms with Gasteiger partial charge in [0.1, 0.15) is 6.54 Å². The maximum Gasteiger partial charge on any atom is 0.103 e. The largest absolute Gasteiger partial charge is 0.550 e. The molecule has 3 nitrogen and oxygen atoms in total. The first-order chi connectivity index (χ1) is 15.1. The predicted octanol–water partition coefficient (Wildman–Crippen LogP) is 5.72. The van der Waals surface area contributed by atoms with Gasteiger partial charge in [-0.3, -0.25) is 0 Å². The lowest BCUT2D eigenvalue weighted by Crippen LogP contribution is -3.07. The third kappa shape index (κ3) is 24.8. The number of carbonyl (C=O) groups excluding carboxylic acids is 1. The summed E-state index contributed by atoms with van der Waals surface area (Å²) in [5.74, 6) is -1.08. The molecule has 0 aliphatic rings. The maximum absolute atomic E-state index is 8.89. The van der Waals surface area contributed by atoms with E-state index in [1.165, 1.54) is 121 Å². The van der Waals surface area contributed by atoms with Crippen LogP contribution in [-0.2, 0) is 11.3 Å². The van der Waals surface area contributed by atoms with Crippen molar-refractivity contribution in [1.29, 1.82) is 0 Å². The highest BCUT2D eigenvalue weighted by atomic mass is 16.4. The summed E-state index contributed by atoms with van der Waals surface area (Å²) in [6.45, 7) is 5.75. The van der Waals surface area contributed by atoms with Gasteiger partial charge in [0.25, 0.3) is 0 Å². The third-order valence-corrected chi connectivity index (χ3v) is 5.81.